The molecule has 2 heterocycles. The van der Waals surface area contributed by atoms with Crippen molar-refractivity contribution in [3.8, 4) is 0 Å². The first-order valence-corrected chi connectivity index (χ1v) is 10.5. The van der Waals surface area contributed by atoms with Crippen LogP contribution in [0.2, 0.25) is 0 Å². The Morgan fingerprint density at radius 2 is 1.23 bits per heavy atom. The summed E-state index contributed by atoms with van der Waals surface area (Å²) < 4.78 is 5.32. The zero-order valence-electron chi connectivity index (χ0n) is 20.1. The Labute approximate surface area is 199 Å². The fourth-order valence-electron chi connectivity index (χ4n) is 3.55. The van der Waals surface area contributed by atoms with Crippen LogP contribution in [0, 0.1) is 10.8 Å². The summed E-state index contributed by atoms with van der Waals surface area (Å²) in [5, 5.41) is 8.63. The summed E-state index contributed by atoms with van der Waals surface area (Å²) >= 11 is 0. The van der Waals surface area contributed by atoms with Crippen LogP contribution in [0.1, 0.15) is 60.3 Å². The largest absolute Gasteiger partial charge is 0.444 e. The fourth-order valence-corrected chi connectivity index (χ4v) is 3.55. The third-order valence-corrected chi connectivity index (χ3v) is 5.78. The van der Waals surface area contributed by atoms with Crippen molar-refractivity contribution in [1.29, 1.82) is 0 Å². The summed E-state index contributed by atoms with van der Waals surface area (Å²) in [5.74, 6) is 0.227. The van der Waals surface area contributed by atoms with Crippen molar-refractivity contribution in [2.75, 3.05) is 40.3 Å². The first kappa shape index (κ1) is 31.9. The Morgan fingerprint density at radius 3 is 1.58 bits per heavy atom. The maximum Gasteiger partial charge on any atom is 0.410 e. The first-order valence-electron chi connectivity index (χ1n) is 10.5. The number of likely N-dealkylation sites (tertiary alicyclic amines) is 1. The molecule has 2 fully saturated rings. The summed E-state index contributed by atoms with van der Waals surface area (Å²) in [4.78, 5) is 36.6. The highest BCUT2D eigenvalue weighted by Gasteiger charge is 2.38. The van der Waals surface area contributed by atoms with Crippen LogP contribution in [0.25, 0.3) is 0 Å². The Morgan fingerprint density at radius 1 is 0.839 bits per heavy atom. The van der Waals surface area contributed by atoms with E-state index < -0.39 is 5.60 Å². The van der Waals surface area contributed by atoms with Crippen molar-refractivity contribution in [2.24, 2.45) is 10.8 Å². The molecule has 2 rings (SSSR count). The molecule has 2 aliphatic rings. The van der Waals surface area contributed by atoms with Gasteiger partial charge in [-0.25, -0.2) is 4.79 Å². The third-order valence-electron chi connectivity index (χ3n) is 5.78. The molecule has 0 atom stereocenters. The number of carbonyl (C=O) groups is 3. The monoisotopic (exact) mass is 484 g/mol. The van der Waals surface area contributed by atoms with E-state index in [4.69, 9.17) is 4.74 Å². The topological polar surface area (TPSA) is 99.8 Å². The number of amides is 3. The molecular formula is C21H42Cl2N4O4. The van der Waals surface area contributed by atoms with Crippen molar-refractivity contribution in [2.45, 2.75) is 65.9 Å². The van der Waals surface area contributed by atoms with Gasteiger partial charge in [0.15, 0.2) is 0 Å². The van der Waals surface area contributed by atoms with Crippen molar-refractivity contribution < 1.29 is 19.1 Å². The molecule has 0 aromatic heterocycles. The zero-order chi connectivity index (χ0) is 22.3. The molecule has 31 heavy (non-hydrogen) atoms. The summed E-state index contributed by atoms with van der Waals surface area (Å²) in [6.07, 6.45) is 2.96. The minimum atomic E-state index is -0.474. The zero-order valence-corrected chi connectivity index (χ0v) is 21.7. The summed E-state index contributed by atoms with van der Waals surface area (Å²) in [7, 11) is 3.35. The minimum absolute atomic E-state index is 0. The Hall–Kier alpha value is -1.25. The molecule has 3 amide bonds. The lowest BCUT2D eigenvalue weighted by molar-refractivity contribution is -0.132. The van der Waals surface area contributed by atoms with Gasteiger partial charge in [-0.3, -0.25) is 9.59 Å². The number of ether oxygens (including phenoxy) is 1. The second kappa shape index (κ2) is 13.3. The van der Waals surface area contributed by atoms with Crippen LogP contribution in [0.15, 0.2) is 0 Å². The first-order chi connectivity index (χ1) is 13.4. The number of nitrogens with one attached hydrogen (secondary N) is 3. The van der Waals surface area contributed by atoms with E-state index in [0.29, 0.717) is 25.9 Å². The van der Waals surface area contributed by atoms with Crippen molar-refractivity contribution >= 4 is 42.7 Å². The second-order valence-electron chi connectivity index (χ2n) is 9.50. The molecule has 2 saturated heterocycles. The molecule has 0 saturated carbocycles. The Kier molecular flexibility index (Phi) is 13.7. The van der Waals surface area contributed by atoms with Gasteiger partial charge in [-0.1, -0.05) is 13.8 Å². The number of halogens is 2. The van der Waals surface area contributed by atoms with E-state index in [9.17, 15) is 14.4 Å². The molecule has 3 N–H and O–H groups in total. The van der Waals surface area contributed by atoms with Gasteiger partial charge in [0.2, 0.25) is 11.8 Å². The number of hydrogen-bond acceptors (Lipinski definition) is 5. The molecular weight excluding hydrogens is 443 g/mol. The van der Waals surface area contributed by atoms with Crippen LogP contribution in [-0.2, 0) is 14.3 Å². The fraction of sp³-hybridized carbons (Fsp3) is 0.857. The van der Waals surface area contributed by atoms with E-state index in [1.807, 2.05) is 34.6 Å². The quantitative estimate of drug-likeness (QED) is 0.559. The molecule has 10 heteroatoms. The van der Waals surface area contributed by atoms with Gasteiger partial charge in [-0.15, -0.1) is 24.8 Å². The molecule has 0 spiro atoms. The number of rotatable bonds is 2. The van der Waals surface area contributed by atoms with Gasteiger partial charge >= 0.3 is 6.09 Å². The van der Waals surface area contributed by atoms with E-state index in [0.717, 1.165) is 25.9 Å². The van der Waals surface area contributed by atoms with Crippen LogP contribution in [-0.4, -0.2) is 68.7 Å². The SMILES string of the molecule is CNC(=O)C1(C)CCN(C(=O)OC(C)(C)C)CC1.CNC(=O)C1(C)CCNCC1.Cl.Cl. The maximum atomic E-state index is 11.9. The van der Waals surface area contributed by atoms with Gasteiger partial charge in [0.05, 0.1) is 0 Å². The molecule has 0 aliphatic carbocycles. The molecule has 2 aliphatic heterocycles. The summed E-state index contributed by atoms with van der Waals surface area (Å²) in [6, 6.07) is 0. The minimum Gasteiger partial charge on any atom is -0.444 e. The normalized spacial score (nSPS) is 19.3. The predicted octanol–water partition coefficient (Wildman–Crippen LogP) is 2.74. The molecule has 0 aromatic rings. The highest BCUT2D eigenvalue weighted by atomic mass is 35.5. The van der Waals surface area contributed by atoms with Gasteiger partial charge in [0.25, 0.3) is 0 Å². The van der Waals surface area contributed by atoms with Gasteiger partial charge in [0.1, 0.15) is 5.60 Å². The Balaban J connectivity index is 0. The number of nitrogens with zero attached hydrogens (tertiary/aromatic N) is 1. The van der Waals surface area contributed by atoms with Crippen LogP contribution >= 0.6 is 24.8 Å². The van der Waals surface area contributed by atoms with Crippen molar-refractivity contribution in [3.05, 3.63) is 0 Å². The van der Waals surface area contributed by atoms with E-state index in [1.54, 1.807) is 19.0 Å². The summed E-state index contributed by atoms with van der Waals surface area (Å²) in [5.41, 5.74) is -0.966. The lowest BCUT2D eigenvalue weighted by Gasteiger charge is -2.38. The van der Waals surface area contributed by atoms with Gasteiger partial charge in [-0.2, -0.15) is 0 Å². The molecule has 184 valence electrons. The van der Waals surface area contributed by atoms with E-state index in [2.05, 4.69) is 16.0 Å². The smallest absolute Gasteiger partial charge is 0.410 e. The van der Waals surface area contributed by atoms with Crippen LogP contribution in [0.5, 0.6) is 0 Å². The second-order valence-corrected chi connectivity index (χ2v) is 9.50. The van der Waals surface area contributed by atoms with E-state index >= 15 is 0 Å². The number of piperidine rings is 2. The third kappa shape index (κ3) is 9.83. The lowest BCUT2D eigenvalue weighted by Crippen LogP contribution is -2.49. The lowest BCUT2D eigenvalue weighted by atomic mass is 9.79. The number of carbonyl (C=O) groups excluding carboxylic acids is 3. The highest BCUT2D eigenvalue weighted by Crippen LogP contribution is 2.31. The standard InChI is InChI=1S/C13H24N2O3.C8H16N2O.2ClH/c1-12(2,3)18-11(17)15-8-6-13(4,7-9-15)10(16)14-5;1-8(7(11)9-2)3-5-10-6-4-8;;/h6-9H2,1-5H3,(H,14,16);10H,3-6H2,1-2H3,(H,9,11);2*1H. The average molecular weight is 485 g/mol. The van der Waals surface area contributed by atoms with Gasteiger partial charge < -0.3 is 25.6 Å². The van der Waals surface area contributed by atoms with E-state index in [-0.39, 0.29) is 53.6 Å². The van der Waals surface area contributed by atoms with Gasteiger partial charge in [0, 0.05) is 38.0 Å². The summed E-state index contributed by atoms with van der Waals surface area (Å²) in [6.45, 7) is 12.6. The molecule has 8 nitrogen and oxygen atoms in total. The predicted molar refractivity (Wildman–Crippen MR) is 128 cm³/mol. The van der Waals surface area contributed by atoms with Crippen molar-refractivity contribution in [3.63, 3.8) is 0 Å². The van der Waals surface area contributed by atoms with Crippen LogP contribution in [0.4, 0.5) is 4.79 Å². The molecule has 0 radical (unpaired) electrons. The van der Waals surface area contributed by atoms with Crippen LogP contribution in [0.3, 0.4) is 0 Å². The molecule has 0 aromatic carbocycles. The average Bonchev–Trinajstić information content (AvgIpc) is 2.66. The van der Waals surface area contributed by atoms with Crippen LogP contribution < -0.4 is 16.0 Å². The molecule has 0 unspecified atom stereocenters. The molecule has 0 bridgehead atoms. The highest BCUT2D eigenvalue weighted by molar-refractivity contribution is 5.85. The van der Waals surface area contributed by atoms with Crippen molar-refractivity contribution in [1.82, 2.24) is 20.9 Å². The van der Waals surface area contributed by atoms with E-state index in [1.165, 1.54) is 0 Å². The maximum absolute atomic E-state index is 11.9. The Bertz CT molecular complexity index is 582. The number of hydrogen-bond donors (Lipinski definition) is 3. The van der Waals surface area contributed by atoms with Gasteiger partial charge in [-0.05, 0) is 59.5 Å².